The summed E-state index contributed by atoms with van der Waals surface area (Å²) in [7, 11) is 0. The van der Waals surface area contributed by atoms with E-state index in [0.717, 1.165) is 26.1 Å². The topological polar surface area (TPSA) is 24.1 Å². The second kappa shape index (κ2) is 7.10. The van der Waals surface area contributed by atoms with Crippen molar-refractivity contribution < 1.29 is 0 Å². The predicted octanol–water partition coefficient (Wildman–Crippen LogP) is 1.93. The Morgan fingerprint density at radius 1 is 1.15 bits per heavy atom. The van der Waals surface area contributed by atoms with Gasteiger partial charge in [0, 0.05) is 18.6 Å². The molecule has 0 aliphatic carbocycles. The lowest BCUT2D eigenvalue weighted by atomic mass is 10.1. The van der Waals surface area contributed by atoms with E-state index in [-0.39, 0.29) is 5.54 Å². The smallest absolute Gasteiger partial charge is 0.00970 e. The Morgan fingerprint density at radius 3 is 2.38 bits per heavy atom. The molecule has 0 radical (unpaired) electrons. The SMILES string of the molecule is C=CCCCNCCNC(C)(C)C. The maximum Gasteiger partial charge on any atom is 0.00970 e. The van der Waals surface area contributed by atoms with Crippen LogP contribution in [-0.4, -0.2) is 25.2 Å². The predicted molar refractivity (Wildman–Crippen MR) is 60.1 cm³/mol. The zero-order valence-electron chi connectivity index (χ0n) is 9.32. The summed E-state index contributed by atoms with van der Waals surface area (Å²) in [6.45, 7) is 13.4. The summed E-state index contributed by atoms with van der Waals surface area (Å²) < 4.78 is 0. The van der Waals surface area contributed by atoms with Crippen LogP contribution in [0.25, 0.3) is 0 Å². The third kappa shape index (κ3) is 11.7. The van der Waals surface area contributed by atoms with E-state index in [0.29, 0.717) is 0 Å². The molecule has 0 amide bonds. The minimum Gasteiger partial charge on any atom is -0.315 e. The second-order valence-electron chi connectivity index (χ2n) is 4.36. The number of hydrogen-bond donors (Lipinski definition) is 2. The summed E-state index contributed by atoms with van der Waals surface area (Å²) in [5, 5.41) is 6.81. The zero-order chi connectivity index (χ0) is 10.2. The van der Waals surface area contributed by atoms with Gasteiger partial charge in [-0.1, -0.05) is 6.08 Å². The number of unbranched alkanes of at least 4 members (excludes halogenated alkanes) is 1. The van der Waals surface area contributed by atoms with E-state index in [1.807, 2.05) is 6.08 Å². The molecule has 0 saturated carbocycles. The van der Waals surface area contributed by atoms with Crippen molar-refractivity contribution in [2.45, 2.75) is 39.2 Å². The quantitative estimate of drug-likeness (QED) is 0.467. The fourth-order valence-electron chi connectivity index (χ4n) is 1.02. The molecule has 78 valence electrons. The highest BCUT2D eigenvalue weighted by molar-refractivity contribution is 4.71. The van der Waals surface area contributed by atoms with Gasteiger partial charge < -0.3 is 10.6 Å². The molecular formula is C11H24N2. The summed E-state index contributed by atoms with van der Waals surface area (Å²) in [5.74, 6) is 0. The molecule has 13 heavy (non-hydrogen) atoms. The lowest BCUT2D eigenvalue weighted by Crippen LogP contribution is -2.40. The van der Waals surface area contributed by atoms with Crippen LogP contribution in [0.3, 0.4) is 0 Å². The van der Waals surface area contributed by atoms with Gasteiger partial charge in [-0.3, -0.25) is 0 Å². The van der Waals surface area contributed by atoms with Gasteiger partial charge in [-0.05, 0) is 40.2 Å². The minimum atomic E-state index is 0.239. The first-order valence-electron chi connectivity index (χ1n) is 5.13. The molecule has 0 aromatic carbocycles. The monoisotopic (exact) mass is 184 g/mol. The third-order valence-corrected chi connectivity index (χ3v) is 1.72. The third-order valence-electron chi connectivity index (χ3n) is 1.72. The van der Waals surface area contributed by atoms with Gasteiger partial charge >= 0.3 is 0 Å². The number of hydrogen-bond acceptors (Lipinski definition) is 2. The summed E-state index contributed by atoms with van der Waals surface area (Å²) in [5.41, 5.74) is 0.239. The standard InChI is InChI=1S/C11H24N2/c1-5-6-7-8-12-9-10-13-11(2,3)4/h5,12-13H,1,6-10H2,2-4H3. The van der Waals surface area contributed by atoms with E-state index in [4.69, 9.17) is 0 Å². The van der Waals surface area contributed by atoms with Crippen molar-refractivity contribution in [3.8, 4) is 0 Å². The summed E-state index contributed by atoms with van der Waals surface area (Å²) in [6.07, 6.45) is 4.27. The van der Waals surface area contributed by atoms with Crippen molar-refractivity contribution in [2.75, 3.05) is 19.6 Å². The number of rotatable bonds is 7. The fraction of sp³-hybridized carbons (Fsp3) is 0.818. The molecule has 0 bridgehead atoms. The average Bonchev–Trinajstić information content (AvgIpc) is 2.01. The molecule has 2 N–H and O–H groups in total. The highest BCUT2D eigenvalue weighted by atomic mass is 15.0. The molecule has 0 aliphatic rings. The van der Waals surface area contributed by atoms with Gasteiger partial charge in [-0.15, -0.1) is 6.58 Å². The first kappa shape index (κ1) is 12.7. The van der Waals surface area contributed by atoms with Crippen LogP contribution in [0, 0.1) is 0 Å². The van der Waals surface area contributed by atoms with E-state index in [9.17, 15) is 0 Å². The van der Waals surface area contributed by atoms with Gasteiger partial charge in [0.2, 0.25) is 0 Å². The lowest BCUT2D eigenvalue weighted by Gasteiger charge is -2.20. The van der Waals surface area contributed by atoms with Gasteiger partial charge in [-0.2, -0.15) is 0 Å². The fourth-order valence-corrected chi connectivity index (χ4v) is 1.02. The van der Waals surface area contributed by atoms with Crippen LogP contribution in [0.5, 0.6) is 0 Å². The van der Waals surface area contributed by atoms with Gasteiger partial charge in [0.15, 0.2) is 0 Å². The van der Waals surface area contributed by atoms with E-state index in [2.05, 4.69) is 38.0 Å². The van der Waals surface area contributed by atoms with E-state index in [1.165, 1.54) is 6.42 Å². The molecule has 2 nitrogen and oxygen atoms in total. The zero-order valence-corrected chi connectivity index (χ0v) is 9.32. The second-order valence-corrected chi connectivity index (χ2v) is 4.36. The lowest BCUT2D eigenvalue weighted by molar-refractivity contribution is 0.421. The molecular weight excluding hydrogens is 160 g/mol. The van der Waals surface area contributed by atoms with Crippen LogP contribution in [0.1, 0.15) is 33.6 Å². The number of nitrogens with one attached hydrogen (secondary N) is 2. The van der Waals surface area contributed by atoms with Gasteiger partial charge in [0.25, 0.3) is 0 Å². The molecule has 0 unspecified atom stereocenters. The molecule has 2 heteroatoms. The molecule has 0 aromatic heterocycles. The molecule has 0 aromatic rings. The minimum absolute atomic E-state index is 0.239. The molecule has 0 saturated heterocycles. The molecule has 0 aliphatic heterocycles. The first-order valence-corrected chi connectivity index (χ1v) is 5.13. The van der Waals surface area contributed by atoms with Crippen molar-refractivity contribution in [1.29, 1.82) is 0 Å². The van der Waals surface area contributed by atoms with Gasteiger partial charge in [0.05, 0.1) is 0 Å². The van der Waals surface area contributed by atoms with Crippen molar-refractivity contribution >= 4 is 0 Å². The Kier molecular flexibility index (Phi) is 6.92. The maximum absolute atomic E-state index is 3.69. The van der Waals surface area contributed by atoms with Crippen LogP contribution in [0.15, 0.2) is 12.7 Å². The van der Waals surface area contributed by atoms with Crippen LogP contribution in [0.4, 0.5) is 0 Å². The Bertz CT molecular complexity index is 125. The summed E-state index contributed by atoms with van der Waals surface area (Å²) in [6, 6.07) is 0. The van der Waals surface area contributed by atoms with E-state index < -0.39 is 0 Å². The molecule has 0 spiro atoms. The van der Waals surface area contributed by atoms with Crippen molar-refractivity contribution in [1.82, 2.24) is 10.6 Å². The highest BCUT2D eigenvalue weighted by Gasteiger charge is 2.06. The summed E-state index contributed by atoms with van der Waals surface area (Å²) in [4.78, 5) is 0. The molecule has 0 heterocycles. The Morgan fingerprint density at radius 2 is 1.85 bits per heavy atom. The average molecular weight is 184 g/mol. The normalized spacial score (nSPS) is 11.6. The largest absolute Gasteiger partial charge is 0.315 e. The van der Waals surface area contributed by atoms with Gasteiger partial charge in [0.1, 0.15) is 0 Å². The van der Waals surface area contributed by atoms with Crippen LogP contribution in [-0.2, 0) is 0 Å². The van der Waals surface area contributed by atoms with E-state index >= 15 is 0 Å². The molecule has 0 atom stereocenters. The van der Waals surface area contributed by atoms with Gasteiger partial charge in [-0.25, -0.2) is 0 Å². The molecule has 0 rings (SSSR count). The van der Waals surface area contributed by atoms with Crippen LogP contribution in [0.2, 0.25) is 0 Å². The molecule has 0 fully saturated rings. The Balaban J connectivity index is 3.04. The first-order chi connectivity index (χ1) is 6.06. The van der Waals surface area contributed by atoms with Crippen LogP contribution < -0.4 is 10.6 Å². The Hall–Kier alpha value is -0.340. The van der Waals surface area contributed by atoms with Crippen LogP contribution >= 0.6 is 0 Å². The van der Waals surface area contributed by atoms with Crippen molar-refractivity contribution in [2.24, 2.45) is 0 Å². The summed E-state index contributed by atoms with van der Waals surface area (Å²) >= 11 is 0. The Labute approximate surface area is 82.8 Å². The van der Waals surface area contributed by atoms with Crippen molar-refractivity contribution in [3.05, 3.63) is 12.7 Å². The maximum atomic E-state index is 3.69. The van der Waals surface area contributed by atoms with Crippen molar-refractivity contribution in [3.63, 3.8) is 0 Å². The number of allylic oxidation sites excluding steroid dienone is 1. The highest BCUT2D eigenvalue weighted by Crippen LogP contribution is 1.96. The van der Waals surface area contributed by atoms with E-state index in [1.54, 1.807) is 0 Å².